The van der Waals surface area contributed by atoms with Crippen molar-refractivity contribution in [3.63, 3.8) is 0 Å². The third kappa shape index (κ3) is 4.56. The van der Waals surface area contributed by atoms with Crippen LogP contribution in [0.5, 0.6) is 11.8 Å². The van der Waals surface area contributed by atoms with E-state index in [4.69, 9.17) is 9.47 Å². The second-order valence-corrected chi connectivity index (χ2v) is 3.11. The Kier molecular flexibility index (Phi) is 5.76. The van der Waals surface area contributed by atoms with Gasteiger partial charge in [0.1, 0.15) is 0 Å². The number of nitrogens with zero attached hydrogens (tertiary/aromatic N) is 2. The van der Waals surface area contributed by atoms with Crippen molar-refractivity contribution in [1.82, 2.24) is 9.97 Å². The summed E-state index contributed by atoms with van der Waals surface area (Å²) in [6, 6.07) is 9.46. The number of carbonyl (C=O) groups excluding carboxylic acids is 2. The normalized spacial score (nSPS) is 9.05. The van der Waals surface area contributed by atoms with E-state index in [0.717, 1.165) is 0 Å². The van der Waals surface area contributed by atoms with Gasteiger partial charge in [-0.05, 0) is 12.1 Å². The second-order valence-electron chi connectivity index (χ2n) is 3.11. The molecule has 0 bridgehead atoms. The van der Waals surface area contributed by atoms with Crippen LogP contribution in [0.3, 0.4) is 0 Å². The van der Waals surface area contributed by atoms with Gasteiger partial charge < -0.3 is 9.47 Å². The maximum Gasteiger partial charge on any atom is 0.424 e. The molecule has 2 aromatic heterocycles. The third-order valence-electron chi connectivity index (χ3n) is 1.84. The molecule has 0 aliphatic carbocycles. The molecule has 0 radical (unpaired) electrons. The molecular formula is C12H8N2O4Ru. The molecule has 6 nitrogen and oxygen atoms in total. The largest absolute Gasteiger partial charge is 0.424 e. The van der Waals surface area contributed by atoms with Gasteiger partial charge in [-0.3, -0.25) is 0 Å². The average Bonchev–Trinajstić information content (AvgIpc) is 2.41. The van der Waals surface area contributed by atoms with E-state index in [1.807, 2.05) is 0 Å². The van der Waals surface area contributed by atoms with Crippen LogP contribution in [-0.4, -0.2) is 21.9 Å². The molecule has 7 heteroatoms. The van der Waals surface area contributed by atoms with Crippen molar-refractivity contribution in [2.75, 3.05) is 0 Å². The topological polar surface area (TPSA) is 78.4 Å². The first-order chi connectivity index (χ1) is 8.75. The minimum Gasteiger partial charge on any atom is -0.399 e. The van der Waals surface area contributed by atoms with Crippen LogP contribution in [-0.2, 0) is 29.1 Å². The van der Waals surface area contributed by atoms with Crippen molar-refractivity contribution in [2.24, 2.45) is 0 Å². The molecule has 0 aliphatic heterocycles. The van der Waals surface area contributed by atoms with Crippen molar-refractivity contribution in [3.8, 4) is 11.8 Å². The average molecular weight is 345 g/mol. The zero-order valence-electron chi connectivity index (χ0n) is 9.50. The number of hydrogen-bond acceptors (Lipinski definition) is 6. The van der Waals surface area contributed by atoms with E-state index >= 15 is 0 Å². The van der Waals surface area contributed by atoms with Crippen molar-refractivity contribution in [3.05, 3.63) is 48.8 Å². The molecule has 2 aromatic rings. The number of hydrogen-bond donors (Lipinski definition) is 0. The summed E-state index contributed by atoms with van der Waals surface area (Å²) < 4.78 is 9.39. The number of aromatic nitrogens is 2. The molecule has 0 saturated heterocycles. The fourth-order valence-corrected chi connectivity index (χ4v) is 1.09. The quantitative estimate of drug-likeness (QED) is 0.459. The van der Waals surface area contributed by atoms with Gasteiger partial charge in [-0.2, -0.15) is 0 Å². The summed E-state index contributed by atoms with van der Waals surface area (Å²) in [6.45, 7) is 0. The smallest absolute Gasteiger partial charge is 0.399 e. The molecule has 0 amide bonds. The molecule has 0 atom stereocenters. The van der Waals surface area contributed by atoms with Crippen LogP contribution in [0.2, 0.25) is 0 Å². The molecule has 0 spiro atoms. The number of carbonyl (C=O) groups is 2. The Labute approximate surface area is 121 Å². The van der Waals surface area contributed by atoms with Crippen LogP contribution >= 0.6 is 0 Å². The molecule has 0 fully saturated rings. The molecule has 19 heavy (non-hydrogen) atoms. The van der Waals surface area contributed by atoms with E-state index in [-0.39, 0.29) is 31.2 Å². The van der Waals surface area contributed by atoms with Gasteiger partial charge in [0.2, 0.25) is 11.8 Å². The SMILES string of the molecule is O=C(Oc1ccccn1)C(=O)Oc1ccccn1.[Ru]. The van der Waals surface area contributed by atoms with Crippen molar-refractivity contribution in [2.45, 2.75) is 0 Å². The summed E-state index contributed by atoms with van der Waals surface area (Å²) in [5.74, 6) is -2.25. The van der Waals surface area contributed by atoms with E-state index in [1.54, 1.807) is 24.3 Å². The Bertz CT molecular complexity index is 497. The van der Waals surface area contributed by atoms with E-state index in [9.17, 15) is 9.59 Å². The summed E-state index contributed by atoms with van der Waals surface area (Å²) in [4.78, 5) is 30.2. The van der Waals surface area contributed by atoms with Gasteiger partial charge in [-0.1, -0.05) is 12.1 Å². The standard InChI is InChI=1S/C12H8N2O4.Ru/c15-11(17-9-5-1-3-7-13-9)12(16)18-10-6-2-4-8-14-10;/h1-8H;. The number of pyridine rings is 2. The van der Waals surface area contributed by atoms with Crippen LogP contribution in [0.15, 0.2) is 48.8 Å². The minimum atomic E-state index is -1.15. The Balaban J connectivity index is 0.00000180. The summed E-state index contributed by atoms with van der Waals surface area (Å²) in [5, 5.41) is 0. The first kappa shape index (κ1) is 14.9. The zero-order chi connectivity index (χ0) is 12.8. The number of esters is 2. The monoisotopic (exact) mass is 346 g/mol. The third-order valence-corrected chi connectivity index (χ3v) is 1.84. The molecule has 98 valence electrons. The Morgan fingerprint density at radius 3 is 1.53 bits per heavy atom. The van der Waals surface area contributed by atoms with Crippen molar-refractivity contribution in [1.29, 1.82) is 0 Å². The van der Waals surface area contributed by atoms with E-state index in [1.165, 1.54) is 24.5 Å². The summed E-state index contributed by atoms with van der Waals surface area (Å²) in [7, 11) is 0. The minimum absolute atomic E-state index is 0. The molecule has 2 heterocycles. The van der Waals surface area contributed by atoms with Gasteiger partial charge in [0, 0.05) is 44.0 Å². The maximum atomic E-state index is 11.4. The molecule has 0 saturated carbocycles. The molecule has 0 N–H and O–H groups in total. The fraction of sp³-hybridized carbons (Fsp3) is 0. The first-order valence-corrected chi connectivity index (χ1v) is 5.02. The van der Waals surface area contributed by atoms with Gasteiger partial charge in [-0.15, -0.1) is 0 Å². The van der Waals surface area contributed by atoms with Gasteiger partial charge >= 0.3 is 11.9 Å². The van der Waals surface area contributed by atoms with Crippen LogP contribution in [0.25, 0.3) is 0 Å². The molecule has 2 rings (SSSR count). The predicted octanol–water partition coefficient (Wildman–Crippen LogP) is 0.985. The molecule has 0 aromatic carbocycles. The molecule has 0 unspecified atom stereocenters. The maximum absolute atomic E-state index is 11.4. The Morgan fingerprint density at radius 2 is 1.21 bits per heavy atom. The second kappa shape index (κ2) is 7.33. The summed E-state index contributed by atoms with van der Waals surface area (Å²) >= 11 is 0. The van der Waals surface area contributed by atoms with Crippen LogP contribution in [0.4, 0.5) is 0 Å². The van der Waals surface area contributed by atoms with Gasteiger partial charge in [0.05, 0.1) is 0 Å². The van der Waals surface area contributed by atoms with E-state index < -0.39 is 11.9 Å². The van der Waals surface area contributed by atoms with Crippen molar-refractivity contribution < 1.29 is 38.5 Å². The first-order valence-electron chi connectivity index (χ1n) is 5.02. The predicted molar refractivity (Wildman–Crippen MR) is 59.7 cm³/mol. The Hall–Kier alpha value is -2.14. The van der Waals surface area contributed by atoms with Crippen molar-refractivity contribution >= 4 is 11.9 Å². The fourth-order valence-electron chi connectivity index (χ4n) is 1.09. The molecular weight excluding hydrogens is 337 g/mol. The van der Waals surface area contributed by atoms with Crippen LogP contribution in [0.1, 0.15) is 0 Å². The zero-order valence-corrected chi connectivity index (χ0v) is 11.2. The van der Waals surface area contributed by atoms with Gasteiger partial charge in [-0.25, -0.2) is 19.6 Å². The van der Waals surface area contributed by atoms with Crippen LogP contribution in [0, 0.1) is 0 Å². The number of ether oxygens (including phenoxy) is 2. The molecule has 0 aliphatic rings. The summed E-state index contributed by atoms with van der Waals surface area (Å²) in [5.41, 5.74) is 0. The van der Waals surface area contributed by atoms with Gasteiger partial charge in [0.15, 0.2) is 0 Å². The van der Waals surface area contributed by atoms with Crippen LogP contribution < -0.4 is 9.47 Å². The number of rotatable bonds is 2. The van der Waals surface area contributed by atoms with E-state index in [2.05, 4.69) is 9.97 Å². The van der Waals surface area contributed by atoms with E-state index in [0.29, 0.717) is 0 Å². The summed E-state index contributed by atoms with van der Waals surface area (Å²) in [6.07, 6.45) is 2.87. The van der Waals surface area contributed by atoms with Gasteiger partial charge in [0.25, 0.3) is 0 Å². The Morgan fingerprint density at radius 1 is 0.789 bits per heavy atom.